The Kier molecular flexibility index (Phi) is 2.98. The van der Waals surface area contributed by atoms with Gasteiger partial charge in [-0.3, -0.25) is 0 Å². The number of allylic oxidation sites excluding steroid dienone is 1. The maximum absolute atomic E-state index is 4.10. The molecule has 0 N–H and O–H groups in total. The minimum atomic E-state index is 0.792. The van der Waals surface area contributed by atoms with Crippen LogP contribution >= 0.6 is 0 Å². The lowest BCUT2D eigenvalue weighted by atomic mass is 9.89. The molecule has 1 saturated carbocycles. The van der Waals surface area contributed by atoms with E-state index in [2.05, 4.69) is 13.5 Å². The lowest BCUT2D eigenvalue weighted by molar-refractivity contribution is 0.487. The van der Waals surface area contributed by atoms with Gasteiger partial charge in [-0.15, -0.1) is 0 Å². The van der Waals surface area contributed by atoms with E-state index in [1.807, 2.05) is 0 Å². The average molecular weight is 138 g/mol. The molecule has 1 aliphatic carbocycles. The maximum Gasteiger partial charge on any atom is -0.0234 e. The molecule has 0 heteroatoms. The summed E-state index contributed by atoms with van der Waals surface area (Å²) in [5.74, 6) is 0.792. The molecule has 0 aromatic heterocycles. The van der Waals surface area contributed by atoms with Gasteiger partial charge in [0.15, 0.2) is 0 Å². The number of hydrogen-bond donors (Lipinski definition) is 0. The molecule has 0 nitrogen and oxygen atoms in total. The van der Waals surface area contributed by atoms with Crippen LogP contribution in [0.2, 0.25) is 0 Å². The molecule has 1 aliphatic rings. The van der Waals surface area contributed by atoms with Gasteiger partial charge in [0, 0.05) is 0 Å². The number of rotatable bonds is 0. The highest BCUT2D eigenvalue weighted by Crippen LogP contribution is 2.24. The molecule has 0 heterocycles. The maximum atomic E-state index is 4.10. The van der Waals surface area contributed by atoms with E-state index in [0.717, 1.165) is 5.92 Å². The van der Waals surface area contributed by atoms with Crippen molar-refractivity contribution in [2.24, 2.45) is 5.92 Å². The third kappa shape index (κ3) is 2.17. The van der Waals surface area contributed by atoms with Gasteiger partial charge in [-0.25, -0.2) is 0 Å². The smallest absolute Gasteiger partial charge is 0.0234 e. The molecule has 0 radical (unpaired) electrons. The van der Waals surface area contributed by atoms with Crippen LogP contribution < -0.4 is 0 Å². The van der Waals surface area contributed by atoms with Crippen LogP contribution in [-0.4, -0.2) is 0 Å². The van der Waals surface area contributed by atoms with Gasteiger partial charge in [0.05, 0.1) is 0 Å². The number of hydrogen-bond acceptors (Lipinski definition) is 0. The van der Waals surface area contributed by atoms with E-state index in [1.54, 1.807) is 0 Å². The summed E-state index contributed by atoms with van der Waals surface area (Å²) in [6, 6.07) is 0. The summed E-state index contributed by atoms with van der Waals surface area (Å²) in [6.45, 7) is 6.41. The van der Waals surface area contributed by atoms with Crippen LogP contribution in [0.1, 0.15) is 45.4 Å². The Morgan fingerprint density at radius 1 is 1.20 bits per heavy atom. The molecule has 1 atom stereocenters. The molecule has 0 bridgehead atoms. The molecule has 0 saturated heterocycles. The fourth-order valence-electron chi connectivity index (χ4n) is 1.61. The van der Waals surface area contributed by atoms with Crippen LogP contribution in [0.25, 0.3) is 0 Å². The highest BCUT2D eigenvalue weighted by atomic mass is 14.1. The summed E-state index contributed by atoms with van der Waals surface area (Å²) in [4.78, 5) is 0. The molecule has 0 amide bonds. The van der Waals surface area contributed by atoms with E-state index in [-0.39, 0.29) is 0 Å². The minimum Gasteiger partial charge on any atom is -0.0996 e. The standard InChI is InChI=1S/C10H18/c1-9-7-5-3-4-6-8-10(9)2/h10H,1,3-8H2,2H3. The van der Waals surface area contributed by atoms with Crippen molar-refractivity contribution in [2.75, 3.05) is 0 Å². The summed E-state index contributed by atoms with van der Waals surface area (Å²) in [6.07, 6.45) is 8.31. The van der Waals surface area contributed by atoms with Gasteiger partial charge < -0.3 is 0 Å². The third-order valence-electron chi connectivity index (χ3n) is 2.58. The highest BCUT2D eigenvalue weighted by Gasteiger charge is 2.08. The molecule has 0 aliphatic heterocycles. The van der Waals surface area contributed by atoms with Crippen LogP contribution in [0.5, 0.6) is 0 Å². The molecule has 1 fully saturated rings. The molecule has 1 unspecified atom stereocenters. The van der Waals surface area contributed by atoms with Crippen LogP contribution in [-0.2, 0) is 0 Å². The van der Waals surface area contributed by atoms with Gasteiger partial charge in [0.25, 0.3) is 0 Å². The lowest BCUT2D eigenvalue weighted by Gasteiger charge is -2.17. The zero-order valence-corrected chi connectivity index (χ0v) is 7.03. The molecular weight excluding hydrogens is 120 g/mol. The predicted octanol–water partition coefficient (Wildman–Crippen LogP) is 3.53. The topological polar surface area (TPSA) is 0 Å². The van der Waals surface area contributed by atoms with Crippen LogP contribution in [0.3, 0.4) is 0 Å². The fourth-order valence-corrected chi connectivity index (χ4v) is 1.61. The van der Waals surface area contributed by atoms with E-state index in [4.69, 9.17) is 0 Å². The Morgan fingerprint density at radius 2 is 1.90 bits per heavy atom. The van der Waals surface area contributed by atoms with Crippen molar-refractivity contribution < 1.29 is 0 Å². The first-order valence-corrected chi connectivity index (χ1v) is 4.48. The zero-order valence-electron chi connectivity index (χ0n) is 7.03. The second kappa shape index (κ2) is 3.80. The molecule has 0 aromatic rings. The first kappa shape index (κ1) is 7.84. The summed E-state index contributed by atoms with van der Waals surface area (Å²) in [5, 5.41) is 0. The quantitative estimate of drug-likeness (QED) is 0.449. The van der Waals surface area contributed by atoms with Crippen molar-refractivity contribution >= 4 is 0 Å². The molecule has 58 valence electrons. The van der Waals surface area contributed by atoms with Crippen molar-refractivity contribution in [1.82, 2.24) is 0 Å². The SMILES string of the molecule is C=C1CCCCCCC1C. The Balaban J connectivity index is 2.35. The Labute approximate surface area is 64.3 Å². The highest BCUT2D eigenvalue weighted by molar-refractivity contribution is 4.99. The van der Waals surface area contributed by atoms with Gasteiger partial charge in [-0.1, -0.05) is 38.3 Å². The third-order valence-corrected chi connectivity index (χ3v) is 2.58. The normalized spacial score (nSPS) is 29.3. The van der Waals surface area contributed by atoms with Crippen molar-refractivity contribution in [2.45, 2.75) is 45.4 Å². The van der Waals surface area contributed by atoms with Gasteiger partial charge in [0.1, 0.15) is 0 Å². The van der Waals surface area contributed by atoms with E-state index < -0.39 is 0 Å². The van der Waals surface area contributed by atoms with Crippen molar-refractivity contribution in [3.05, 3.63) is 12.2 Å². The van der Waals surface area contributed by atoms with E-state index in [0.29, 0.717) is 0 Å². The predicted molar refractivity (Wildman–Crippen MR) is 46.0 cm³/mol. The van der Waals surface area contributed by atoms with E-state index >= 15 is 0 Å². The molecule has 0 spiro atoms. The van der Waals surface area contributed by atoms with E-state index in [1.165, 1.54) is 44.1 Å². The lowest BCUT2D eigenvalue weighted by Crippen LogP contribution is -2.01. The summed E-state index contributed by atoms with van der Waals surface area (Å²) < 4.78 is 0. The fraction of sp³-hybridized carbons (Fsp3) is 0.800. The van der Waals surface area contributed by atoms with Crippen molar-refractivity contribution in [3.8, 4) is 0 Å². The van der Waals surface area contributed by atoms with Crippen LogP contribution in [0, 0.1) is 5.92 Å². The zero-order chi connectivity index (χ0) is 7.40. The van der Waals surface area contributed by atoms with Gasteiger partial charge in [-0.2, -0.15) is 0 Å². The summed E-state index contributed by atoms with van der Waals surface area (Å²) >= 11 is 0. The monoisotopic (exact) mass is 138 g/mol. The summed E-state index contributed by atoms with van der Waals surface area (Å²) in [5.41, 5.74) is 1.49. The van der Waals surface area contributed by atoms with Gasteiger partial charge >= 0.3 is 0 Å². The van der Waals surface area contributed by atoms with Crippen molar-refractivity contribution in [1.29, 1.82) is 0 Å². The molecule has 0 aromatic carbocycles. The molecular formula is C10H18. The van der Waals surface area contributed by atoms with E-state index in [9.17, 15) is 0 Å². The largest absolute Gasteiger partial charge is 0.0996 e. The van der Waals surface area contributed by atoms with Crippen LogP contribution in [0.15, 0.2) is 12.2 Å². The first-order valence-electron chi connectivity index (χ1n) is 4.48. The Morgan fingerprint density at radius 3 is 2.70 bits per heavy atom. The second-order valence-corrected chi connectivity index (χ2v) is 3.51. The minimum absolute atomic E-state index is 0.792. The summed E-state index contributed by atoms with van der Waals surface area (Å²) in [7, 11) is 0. The van der Waals surface area contributed by atoms with Crippen LogP contribution in [0.4, 0.5) is 0 Å². The first-order chi connectivity index (χ1) is 4.80. The van der Waals surface area contributed by atoms with Gasteiger partial charge in [0.2, 0.25) is 0 Å². The Hall–Kier alpha value is -0.260. The molecule has 1 rings (SSSR count). The van der Waals surface area contributed by atoms with Crippen molar-refractivity contribution in [3.63, 3.8) is 0 Å². The average Bonchev–Trinajstić information content (AvgIpc) is 1.92. The second-order valence-electron chi connectivity index (χ2n) is 3.51. The Bertz CT molecular complexity index is 113. The molecule has 10 heavy (non-hydrogen) atoms. The van der Waals surface area contributed by atoms with Gasteiger partial charge in [-0.05, 0) is 25.2 Å².